The molecule has 0 saturated heterocycles. The van der Waals surface area contributed by atoms with Crippen LogP contribution in [-0.2, 0) is 14.3 Å². The monoisotopic (exact) mass is 579 g/mol. The van der Waals surface area contributed by atoms with Crippen molar-refractivity contribution in [2.45, 2.75) is 74.1 Å². The van der Waals surface area contributed by atoms with E-state index in [1.165, 1.54) is 0 Å². The van der Waals surface area contributed by atoms with Crippen molar-refractivity contribution in [1.29, 1.82) is 0 Å². The molecule has 8 nitrogen and oxygen atoms in total. The normalized spacial score (nSPS) is 15.6. The van der Waals surface area contributed by atoms with E-state index in [0.29, 0.717) is 23.1 Å². The zero-order chi connectivity index (χ0) is 30.1. The first-order chi connectivity index (χ1) is 18.8. The van der Waals surface area contributed by atoms with Gasteiger partial charge >= 0.3 is 5.97 Å². The number of carbonyl (C=O) groups excluding carboxylic acids is 2. The van der Waals surface area contributed by atoms with Crippen molar-refractivity contribution < 1.29 is 14.3 Å². The summed E-state index contributed by atoms with van der Waals surface area (Å²) in [6, 6.07) is 4.15. The van der Waals surface area contributed by atoms with Gasteiger partial charge in [-0.05, 0) is 76.8 Å². The molecule has 0 bridgehead atoms. The zero-order valence-corrected chi connectivity index (χ0v) is 26.4. The number of aromatic nitrogens is 1. The van der Waals surface area contributed by atoms with Crippen molar-refractivity contribution in [2.24, 2.45) is 16.8 Å². The molecule has 1 aromatic heterocycles. The predicted molar refractivity (Wildman–Crippen MR) is 172 cm³/mol. The average Bonchev–Trinajstić information content (AvgIpc) is 3.26. The first kappa shape index (κ1) is 38.5. The van der Waals surface area contributed by atoms with Crippen molar-refractivity contribution in [3.8, 4) is 0 Å². The maximum absolute atomic E-state index is 12.4. The molecule has 0 aromatic carbocycles. The van der Waals surface area contributed by atoms with Crippen LogP contribution in [0.1, 0.15) is 71.7 Å². The van der Waals surface area contributed by atoms with Crippen molar-refractivity contribution in [3.63, 3.8) is 0 Å². The number of hydrogen-bond acceptors (Lipinski definition) is 8. The number of thioether (sulfide) groups is 2. The molecule has 0 fully saturated rings. The molecule has 0 aliphatic carbocycles. The van der Waals surface area contributed by atoms with Crippen LogP contribution in [0.2, 0.25) is 0 Å². The molecule has 2 rings (SSSR count). The van der Waals surface area contributed by atoms with Gasteiger partial charge in [-0.1, -0.05) is 63.4 Å². The number of allylic oxidation sites excluding steroid dienone is 4. The Balaban J connectivity index is 0. The Morgan fingerprint density at radius 3 is 2.36 bits per heavy atom. The minimum absolute atomic E-state index is 0.251. The second-order valence-electron chi connectivity index (χ2n) is 7.68. The molecule has 220 valence electrons. The molecule has 39 heavy (non-hydrogen) atoms. The van der Waals surface area contributed by atoms with Crippen LogP contribution >= 0.6 is 23.5 Å². The average molecular weight is 580 g/mol. The summed E-state index contributed by atoms with van der Waals surface area (Å²) in [6.45, 7) is 18.6. The topological polar surface area (TPSA) is 125 Å². The van der Waals surface area contributed by atoms with E-state index in [9.17, 15) is 9.59 Å². The first-order valence-electron chi connectivity index (χ1n) is 13.3. The lowest BCUT2D eigenvalue weighted by atomic mass is 10.0. The van der Waals surface area contributed by atoms with Crippen LogP contribution in [0.5, 0.6) is 0 Å². The molecule has 2 heterocycles. The highest BCUT2D eigenvalue weighted by molar-refractivity contribution is 8.14. The Hall–Kier alpha value is -2.69. The quantitative estimate of drug-likeness (QED) is 0.0638. The summed E-state index contributed by atoms with van der Waals surface area (Å²) >= 11 is 2.87. The smallest absolute Gasteiger partial charge is 0.341 e. The van der Waals surface area contributed by atoms with Crippen LogP contribution in [0.4, 0.5) is 0 Å². The van der Waals surface area contributed by atoms with Crippen molar-refractivity contribution in [1.82, 2.24) is 9.99 Å². The molecule has 10 heteroatoms. The number of ether oxygens (including phenoxy) is 1. The molecular weight excluding hydrogens is 530 g/mol. The van der Waals surface area contributed by atoms with Gasteiger partial charge in [0.25, 0.3) is 0 Å². The Bertz CT molecular complexity index is 947. The molecule has 0 spiro atoms. The van der Waals surface area contributed by atoms with Crippen LogP contribution < -0.4 is 17.1 Å². The summed E-state index contributed by atoms with van der Waals surface area (Å²) in [5.74, 6) is 10.8. The third kappa shape index (κ3) is 16.1. The highest BCUT2D eigenvalue weighted by atomic mass is 32.2. The molecule has 0 radical (unpaired) electrons. The second-order valence-corrected chi connectivity index (χ2v) is 9.77. The van der Waals surface area contributed by atoms with Gasteiger partial charge in [0.15, 0.2) is 5.17 Å². The number of nitrogens with one attached hydrogen (secondary N) is 1. The van der Waals surface area contributed by atoms with Gasteiger partial charge in [0.2, 0.25) is 0 Å². The van der Waals surface area contributed by atoms with Crippen molar-refractivity contribution in [3.05, 3.63) is 65.5 Å². The Morgan fingerprint density at radius 1 is 1.23 bits per heavy atom. The fourth-order valence-electron chi connectivity index (χ4n) is 3.11. The van der Waals surface area contributed by atoms with Gasteiger partial charge in [0.05, 0.1) is 23.0 Å². The van der Waals surface area contributed by atoms with Gasteiger partial charge in [-0.25, -0.2) is 10.6 Å². The summed E-state index contributed by atoms with van der Waals surface area (Å²) < 4.78 is 7.42. The van der Waals surface area contributed by atoms with Crippen molar-refractivity contribution >= 4 is 46.0 Å². The lowest BCUT2D eigenvalue weighted by Crippen LogP contribution is -2.29. The number of aldehydes is 1. The molecule has 5 N–H and O–H groups in total. The molecular formula is C29H49N5O3S2. The number of hydrazone groups is 1. The van der Waals surface area contributed by atoms with E-state index in [4.69, 9.17) is 16.4 Å². The molecule has 0 amide bonds. The van der Waals surface area contributed by atoms with Gasteiger partial charge in [-0.15, -0.1) is 11.8 Å². The molecule has 1 aliphatic heterocycles. The third-order valence-corrected chi connectivity index (χ3v) is 6.79. The highest BCUT2D eigenvalue weighted by Crippen LogP contribution is 2.36. The summed E-state index contributed by atoms with van der Waals surface area (Å²) in [5.41, 5.74) is 6.02. The summed E-state index contributed by atoms with van der Waals surface area (Å²) in [6.07, 6.45) is 13.2. The fourth-order valence-corrected chi connectivity index (χ4v) is 4.83. The maximum atomic E-state index is 12.4. The minimum atomic E-state index is -0.251. The van der Waals surface area contributed by atoms with E-state index in [2.05, 4.69) is 66.7 Å². The largest absolute Gasteiger partial charge is 0.462 e. The van der Waals surface area contributed by atoms with Gasteiger partial charge in [0, 0.05) is 11.4 Å². The van der Waals surface area contributed by atoms with Gasteiger partial charge < -0.3 is 25.4 Å². The first-order valence-corrected chi connectivity index (χ1v) is 15.3. The number of rotatable bonds is 7. The molecule has 1 aromatic rings. The lowest BCUT2D eigenvalue weighted by molar-refractivity contribution is -0.138. The van der Waals surface area contributed by atoms with Crippen LogP contribution in [0.3, 0.4) is 0 Å². The van der Waals surface area contributed by atoms with E-state index in [-0.39, 0.29) is 5.97 Å². The number of esters is 1. The summed E-state index contributed by atoms with van der Waals surface area (Å²) in [4.78, 5) is 22.2. The van der Waals surface area contributed by atoms with E-state index < -0.39 is 0 Å². The van der Waals surface area contributed by atoms with Gasteiger partial charge in [0.1, 0.15) is 6.29 Å². The highest BCUT2D eigenvalue weighted by Gasteiger charge is 2.24. The maximum Gasteiger partial charge on any atom is 0.341 e. The van der Waals surface area contributed by atoms with Gasteiger partial charge in [-0.2, -0.15) is 5.10 Å². The molecule has 0 saturated carbocycles. The van der Waals surface area contributed by atoms with E-state index in [1.807, 2.05) is 39.8 Å². The van der Waals surface area contributed by atoms with E-state index in [0.717, 1.165) is 71.5 Å². The zero-order valence-electron chi connectivity index (χ0n) is 24.8. The Labute approximate surface area is 244 Å². The lowest BCUT2D eigenvalue weighted by Gasteiger charge is -2.21. The molecule has 0 atom stereocenters. The standard InChI is InChI=1S/C17H23NO2S.C7H12.C3H8N4OS.C2H6/c1-5-20-17(19)15-12(2)8-6-7-11-21-16(15)18-13(3)9-10-14(18)4;1-3-5-7-6-4-2;4-6-3(7-5)9-2-1-8;1-2/h9-10H,2,5-8,11H2,1,3-4H3;3,5-7H,4H2,1-2H3;1H,2,4-5H2,(H,6,7);1-2H3/b16-15+;5-3-,7-6-;;. The van der Waals surface area contributed by atoms with E-state index >= 15 is 0 Å². The predicted octanol–water partition coefficient (Wildman–Crippen LogP) is 6.48. The number of nitrogens with zero attached hydrogens (tertiary/aromatic N) is 2. The summed E-state index contributed by atoms with van der Waals surface area (Å²) in [5, 5.41) is 4.55. The minimum Gasteiger partial charge on any atom is -0.462 e. The van der Waals surface area contributed by atoms with Crippen LogP contribution in [0.25, 0.3) is 5.03 Å². The number of hydrazine groups is 1. The summed E-state index contributed by atoms with van der Waals surface area (Å²) in [7, 11) is 0. The number of amidine groups is 1. The second kappa shape index (κ2) is 25.6. The van der Waals surface area contributed by atoms with Crippen molar-refractivity contribution in [2.75, 3.05) is 18.1 Å². The molecule has 0 unspecified atom stereocenters. The third-order valence-electron chi connectivity index (χ3n) is 4.84. The van der Waals surface area contributed by atoms with Crippen LogP contribution in [0, 0.1) is 13.8 Å². The number of aryl methyl sites for hydroxylation is 2. The Kier molecular flexibility index (Phi) is 25.2. The van der Waals surface area contributed by atoms with E-state index in [1.54, 1.807) is 11.8 Å². The number of hydrogen-bond donors (Lipinski definition) is 3. The number of nitrogens with two attached hydrogens (primary N) is 2. The fraction of sp³-hybridized carbons (Fsp3) is 0.483. The number of carbonyl (C=O) groups is 2. The molecule has 1 aliphatic rings. The van der Waals surface area contributed by atoms with Crippen LogP contribution in [0.15, 0.2) is 59.3 Å². The van der Waals surface area contributed by atoms with Gasteiger partial charge in [-0.3, -0.25) is 0 Å². The Morgan fingerprint density at radius 2 is 1.87 bits per heavy atom. The van der Waals surface area contributed by atoms with Crippen LogP contribution in [-0.4, -0.2) is 40.1 Å². The SMILES string of the molecule is C/C=C\C=C/CC.C=C1CCCCS/C(n2c(C)ccc2C)=C\1C(=O)OCC.CC.N/N=C(\NN)SCC=O.